The summed E-state index contributed by atoms with van der Waals surface area (Å²) in [5.74, 6) is -1.32. The Kier molecular flexibility index (Phi) is 6.80. The van der Waals surface area contributed by atoms with Gasteiger partial charge in [0.25, 0.3) is 0 Å². The maximum absolute atomic E-state index is 12.9. The summed E-state index contributed by atoms with van der Waals surface area (Å²) in [6.45, 7) is 1.01. The van der Waals surface area contributed by atoms with Gasteiger partial charge in [-0.2, -0.15) is 0 Å². The Bertz CT molecular complexity index is 661. The zero-order chi connectivity index (χ0) is 20.2. The molecule has 8 heteroatoms. The summed E-state index contributed by atoms with van der Waals surface area (Å²) in [5, 5.41) is 31.0. The highest BCUT2D eigenvalue weighted by atomic mass is 16.5. The van der Waals surface area contributed by atoms with Crippen LogP contribution in [0.5, 0.6) is 5.75 Å². The second-order valence-electron chi connectivity index (χ2n) is 6.90. The summed E-state index contributed by atoms with van der Waals surface area (Å²) in [7, 11) is 3.28. The molecule has 1 fully saturated rings. The van der Waals surface area contributed by atoms with Gasteiger partial charge in [0.2, 0.25) is 5.91 Å². The Labute approximate surface area is 158 Å². The Morgan fingerprint density at radius 3 is 2.33 bits per heavy atom. The van der Waals surface area contributed by atoms with Gasteiger partial charge in [-0.25, -0.2) is 0 Å². The van der Waals surface area contributed by atoms with Crippen molar-refractivity contribution in [3.8, 4) is 5.75 Å². The molecule has 27 heavy (non-hydrogen) atoms. The SMILES string of the molecule is CC[C@]1(C(=O)O)C[C@@H](C(=O)NC(CO)CO)[C@@H](c2ccc(OC)cc2)N1C. The Morgan fingerprint density at radius 1 is 1.30 bits per heavy atom. The third kappa shape index (κ3) is 3.92. The lowest BCUT2D eigenvalue weighted by molar-refractivity contribution is -0.150. The van der Waals surface area contributed by atoms with Gasteiger partial charge in [0.15, 0.2) is 0 Å². The molecular formula is C19H28N2O6. The Hall–Kier alpha value is -2.16. The van der Waals surface area contributed by atoms with Crippen LogP contribution in [0.25, 0.3) is 0 Å². The zero-order valence-electron chi connectivity index (χ0n) is 15.9. The molecule has 150 valence electrons. The van der Waals surface area contributed by atoms with Crippen molar-refractivity contribution >= 4 is 11.9 Å². The minimum Gasteiger partial charge on any atom is -0.497 e. The van der Waals surface area contributed by atoms with Crippen LogP contribution in [-0.4, -0.2) is 71.0 Å². The van der Waals surface area contributed by atoms with Crippen LogP contribution in [0.1, 0.15) is 31.4 Å². The lowest BCUT2D eigenvalue weighted by Gasteiger charge is -2.34. The van der Waals surface area contributed by atoms with Crippen LogP contribution in [0, 0.1) is 5.92 Å². The van der Waals surface area contributed by atoms with Crippen molar-refractivity contribution in [3.05, 3.63) is 29.8 Å². The van der Waals surface area contributed by atoms with E-state index in [9.17, 15) is 24.9 Å². The van der Waals surface area contributed by atoms with E-state index in [-0.39, 0.29) is 12.3 Å². The molecule has 1 saturated heterocycles. The second-order valence-corrected chi connectivity index (χ2v) is 6.90. The van der Waals surface area contributed by atoms with Crippen LogP contribution in [0.3, 0.4) is 0 Å². The van der Waals surface area contributed by atoms with E-state index in [1.165, 1.54) is 0 Å². The lowest BCUT2D eigenvalue weighted by atomic mass is 9.87. The molecule has 0 aliphatic carbocycles. The van der Waals surface area contributed by atoms with E-state index < -0.39 is 42.7 Å². The molecule has 0 aromatic heterocycles. The number of benzene rings is 1. The van der Waals surface area contributed by atoms with Gasteiger partial charge < -0.3 is 25.4 Å². The lowest BCUT2D eigenvalue weighted by Crippen LogP contribution is -2.48. The monoisotopic (exact) mass is 380 g/mol. The number of ether oxygens (including phenoxy) is 1. The van der Waals surface area contributed by atoms with Gasteiger partial charge in [-0.3, -0.25) is 14.5 Å². The van der Waals surface area contributed by atoms with Crippen LogP contribution in [0.15, 0.2) is 24.3 Å². The van der Waals surface area contributed by atoms with Gasteiger partial charge in [0, 0.05) is 6.04 Å². The fourth-order valence-corrected chi connectivity index (χ4v) is 3.89. The third-order valence-electron chi connectivity index (χ3n) is 5.60. The molecular weight excluding hydrogens is 352 g/mol. The summed E-state index contributed by atoms with van der Waals surface area (Å²) in [6, 6.07) is 5.96. The number of nitrogens with zero attached hydrogens (tertiary/aromatic N) is 1. The summed E-state index contributed by atoms with van der Waals surface area (Å²) in [4.78, 5) is 26.7. The summed E-state index contributed by atoms with van der Waals surface area (Å²) < 4.78 is 5.17. The summed E-state index contributed by atoms with van der Waals surface area (Å²) in [6.07, 6.45) is 0.486. The van der Waals surface area contributed by atoms with Crippen molar-refractivity contribution in [2.45, 2.75) is 37.4 Å². The first kappa shape index (κ1) is 21.1. The molecule has 0 radical (unpaired) electrons. The van der Waals surface area contributed by atoms with E-state index in [2.05, 4.69) is 5.32 Å². The molecule has 1 amide bonds. The molecule has 0 unspecified atom stereocenters. The van der Waals surface area contributed by atoms with Crippen LogP contribution >= 0.6 is 0 Å². The number of amides is 1. The topological polar surface area (TPSA) is 119 Å². The zero-order valence-corrected chi connectivity index (χ0v) is 15.9. The minimum absolute atomic E-state index is 0.140. The van der Waals surface area contributed by atoms with Crippen molar-refractivity contribution < 1.29 is 29.6 Å². The quantitative estimate of drug-likeness (QED) is 0.515. The number of rotatable bonds is 8. The van der Waals surface area contributed by atoms with E-state index in [4.69, 9.17) is 4.74 Å². The Balaban J connectivity index is 2.42. The molecule has 1 aromatic carbocycles. The number of likely N-dealkylation sites (tertiary alicyclic amines) is 1. The van der Waals surface area contributed by atoms with Crippen molar-refractivity contribution in [1.29, 1.82) is 0 Å². The number of carboxylic acids is 1. The fraction of sp³-hybridized carbons (Fsp3) is 0.579. The molecule has 0 bridgehead atoms. The van der Waals surface area contributed by atoms with E-state index in [0.29, 0.717) is 12.2 Å². The van der Waals surface area contributed by atoms with E-state index >= 15 is 0 Å². The van der Waals surface area contributed by atoms with Crippen molar-refractivity contribution in [2.75, 3.05) is 27.4 Å². The van der Waals surface area contributed by atoms with Crippen molar-refractivity contribution in [2.24, 2.45) is 5.92 Å². The number of nitrogens with one attached hydrogen (secondary N) is 1. The van der Waals surface area contributed by atoms with Crippen LogP contribution in [0.4, 0.5) is 0 Å². The molecule has 1 aromatic rings. The number of hydrogen-bond acceptors (Lipinski definition) is 6. The Morgan fingerprint density at radius 2 is 1.89 bits per heavy atom. The number of methoxy groups -OCH3 is 1. The highest BCUT2D eigenvalue weighted by Crippen LogP contribution is 2.47. The largest absolute Gasteiger partial charge is 0.497 e. The predicted octanol–water partition coefficient (Wildman–Crippen LogP) is 0.391. The van der Waals surface area contributed by atoms with E-state index in [1.54, 1.807) is 38.1 Å². The highest BCUT2D eigenvalue weighted by Gasteiger charge is 2.56. The number of likely N-dealkylation sites (N-methyl/N-ethyl adjacent to an activating group) is 1. The first-order valence-corrected chi connectivity index (χ1v) is 8.97. The van der Waals surface area contributed by atoms with Crippen molar-refractivity contribution in [1.82, 2.24) is 10.2 Å². The second kappa shape index (κ2) is 8.69. The highest BCUT2D eigenvalue weighted by molar-refractivity contribution is 5.85. The molecule has 0 saturated carbocycles. The molecule has 0 spiro atoms. The molecule has 1 aliphatic rings. The molecule has 8 nitrogen and oxygen atoms in total. The molecule has 4 N–H and O–H groups in total. The fourth-order valence-electron chi connectivity index (χ4n) is 3.89. The van der Waals surface area contributed by atoms with Crippen molar-refractivity contribution in [3.63, 3.8) is 0 Å². The molecule has 2 rings (SSSR count). The molecule has 1 aliphatic heterocycles. The standard InChI is InChI=1S/C19H28N2O6/c1-4-19(18(25)26)9-15(17(24)20-13(10-22)11-23)16(21(19)2)12-5-7-14(27-3)8-6-12/h5-8,13,15-16,22-23H,4,9-11H2,1-3H3,(H,20,24)(H,25,26)/t15-,16-,19-/m1/s1. The van der Waals surface area contributed by atoms with E-state index in [0.717, 1.165) is 5.56 Å². The van der Waals surface area contributed by atoms with Gasteiger partial charge in [0.1, 0.15) is 11.3 Å². The summed E-state index contributed by atoms with van der Waals surface area (Å²) in [5.41, 5.74) is -0.361. The summed E-state index contributed by atoms with van der Waals surface area (Å²) >= 11 is 0. The minimum atomic E-state index is -1.17. The maximum atomic E-state index is 12.9. The van der Waals surface area contributed by atoms with Crippen LogP contribution in [0.2, 0.25) is 0 Å². The smallest absolute Gasteiger partial charge is 0.324 e. The van der Waals surface area contributed by atoms with Crippen LogP contribution in [-0.2, 0) is 9.59 Å². The number of carbonyl (C=O) groups excluding carboxylic acids is 1. The molecule has 3 atom stereocenters. The first-order valence-electron chi connectivity index (χ1n) is 8.97. The van der Waals surface area contributed by atoms with E-state index in [1.807, 2.05) is 12.1 Å². The number of aliphatic carboxylic acids is 1. The van der Waals surface area contributed by atoms with Gasteiger partial charge in [0.05, 0.1) is 32.3 Å². The number of carboxylic acid groups (broad SMARTS) is 1. The third-order valence-corrected chi connectivity index (χ3v) is 5.60. The van der Waals surface area contributed by atoms with Gasteiger partial charge in [-0.15, -0.1) is 0 Å². The number of carbonyl (C=O) groups is 2. The number of aliphatic hydroxyl groups excluding tert-OH is 2. The number of aliphatic hydroxyl groups is 2. The van der Waals surface area contributed by atoms with Gasteiger partial charge >= 0.3 is 5.97 Å². The van der Waals surface area contributed by atoms with Crippen LogP contribution < -0.4 is 10.1 Å². The average molecular weight is 380 g/mol. The van der Waals surface area contributed by atoms with Gasteiger partial charge in [-0.1, -0.05) is 19.1 Å². The number of hydrogen-bond donors (Lipinski definition) is 4. The maximum Gasteiger partial charge on any atom is 0.324 e. The molecule has 1 heterocycles. The van der Waals surface area contributed by atoms with Gasteiger partial charge in [-0.05, 0) is 37.6 Å². The predicted molar refractivity (Wildman–Crippen MR) is 98.4 cm³/mol. The first-order chi connectivity index (χ1) is 12.8. The normalized spacial score (nSPS) is 25.6. The average Bonchev–Trinajstić information content (AvgIpc) is 2.99.